The predicted octanol–water partition coefficient (Wildman–Crippen LogP) is 12.6. The van der Waals surface area contributed by atoms with Gasteiger partial charge in [0.2, 0.25) is 0 Å². The summed E-state index contributed by atoms with van der Waals surface area (Å²) in [5.41, 5.74) is 28.6. The molecule has 4 aliphatic heterocycles. The summed E-state index contributed by atoms with van der Waals surface area (Å²) >= 11 is 0. The highest BCUT2D eigenvalue weighted by molar-refractivity contribution is 7.02. The summed E-state index contributed by atoms with van der Waals surface area (Å²) in [5, 5.41) is 0. The molecule has 0 unspecified atom stereocenters. The van der Waals surface area contributed by atoms with Crippen LogP contribution in [0.25, 0.3) is 0 Å². The van der Waals surface area contributed by atoms with Crippen molar-refractivity contribution in [1.82, 2.24) is 0 Å². The first-order valence-corrected chi connectivity index (χ1v) is 24.5. The van der Waals surface area contributed by atoms with E-state index in [4.69, 9.17) is 4.74 Å². The van der Waals surface area contributed by atoms with Crippen molar-refractivity contribution in [3.05, 3.63) is 184 Å². The molecule has 0 atom stereocenters. The molecule has 0 spiro atoms. The van der Waals surface area contributed by atoms with E-state index >= 15 is 0 Å². The highest BCUT2D eigenvalue weighted by Gasteiger charge is 2.49. The van der Waals surface area contributed by atoms with Gasteiger partial charge in [-0.2, -0.15) is 0 Å². The Morgan fingerprint density at radius 1 is 0.338 bits per heavy atom. The van der Waals surface area contributed by atoms with Crippen molar-refractivity contribution >= 4 is 97.4 Å². The molecule has 0 radical (unpaired) electrons. The molecule has 8 aromatic carbocycles. The molecule has 334 valence electrons. The van der Waals surface area contributed by atoms with Gasteiger partial charge >= 0.3 is 0 Å². The maximum absolute atomic E-state index is 7.07. The van der Waals surface area contributed by atoms with Gasteiger partial charge in [-0.25, -0.2) is 0 Å². The van der Waals surface area contributed by atoms with Crippen LogP contribution in [-0.2, 0) is 10.8 Å². The van der Waals surface area contributed by atoms with Crippen LogP contribution in [0.5, 0.6) is 11.5 Å². The van der Waals surface area contributed by atoms with Gasteiger partial charge in [0.25, 0.3) is 13.4 Å². The van der Waals surface area contributed by atoms with Gasteiger partial charge in [0.05, 0.1) is 17.1 Å². The minimum absolute atomic E-state index is 0.0421. The van der Waals surface area contributed by atoms with Gasteiger partial charge in [0, 0.05) is 34.1 Å². The highest BCUT2D eigenvalue weighted by Crippen LogP contribution is 2.51. The number of benzene rings is 8. The molecular weight excluding hydrogens is 824 g/mol. The number of hydrogen-bond acceptors (Lipinski definition) is 4. The number of fused-ring (bicyclic) bond motifs is 8. The third-order valence-corrected chi connectivity index (χ3v) is 15.5. The van der Waals surface area contributed by atoms with E-state index in [0.29, 0.717) is 0 Å². The summed E-state index contributed by atoms with van der Waals surface area (Å²) in [6.45, 7) is 27.6. The van der Waals surface area contributed by atoms with Crippen LogP contribution in [0.2, 0.25) is 0 Å². The molecule has 0 aliphatic carbocycles. The Balaban J connectivity index is 1.26. The topological polar surface area (TPSA) is 19.0 Å². The Hall–Kier alpha value is -6.91. The maximum Gasteiger partial charge on any atom is 0.256 e. The Kier molecular flexibility index (Phi) is 9.23. The fourth-order valence-corrected chi connectivity index (χ4v) is 12.2. The van der Waals surface area contributed by atoms with Crippen molar-refractivity contribution in [2.45, 2.75) is 93.9 Å². The lowest BCUT2D eigenvalue weighted by Gasteiger charge is -2.47. The van der Waals surface area contributed by atoms with Gasteiger partial charge in [0.1, 0.15) is 11.5 Å². The number of anilines is 9. The SMILES string of the molecule is Cc1cccc(C)c1N1c2cc3c(cc2B2c4ccccc4Oc4cc(C(C)(C)C)cc1c42)B1c2ccccc2N(c2c(C)cccc2C)c2cc(C(C)(C)C)cc(c21)N3c1c(C)cccc1C. The molecule has 4 heterocycles. The number of nitrogens with zero attached hydrogens (tertiary/aromatic N) is 3. The summed E-state index contributed by atoms with van der Waals surface area (Å²) in [4.78, 5) is 7.87. The van der Waals surface area contributed by atoms with Gasteiger partial charge in [-0.15, -0.1) is 0 Å². The lowest BCUT2D eigenvalue weighted by molar-refractivity contribution is 0.483. The Morgan fingerprint density at radius 2 is 0.735 bits per heavy atom. The second-order valence-electron chi connectivity index (χ2n) is 22.1. The van der Waals surface area contributed by atoms with Gasteiger partial charge in [-0.3, -0.25) is 0 Å². The highest BCUT2D eigenvalue weighted by atomic mass is 16.5. The average Bonchev–Trinajstić information content (AvgIpc) is 3.29. The third kappa shape index (κ3) is 6.08. The molecule has 0 saturated carbocycles. The Bertz CT molecular complexity index is 3400. The van der Waals surface area contributed by atoms with Crippen LogP contribution in [0.15, 0.2) is 140 Å². The number of para-hydroxylation sites is 5. The van der Waals surface area contributed by atoms with Crippen LogP contribution in [0.1, 0.15) is 86.1 Å². The molecule has 6 heteroatoms. The molecular formula is C62H59B2N3O. The number of rotatable bonds is 3. The standard InChI is InChI=1S/C62H59B2N3O/c1-36-20-17-21-37(2)58(36)65-48-28-15-13-26-44(48)63-46-34-47-50(35-49(46)66(59-38(3)22-18-23-39(59)4)52-31-42(61(7,8)9)30-51(65)56(52)63)67(60-40(5)24-19-25-41(60)6)53-32-43(62(10,11)12)33-55-57(53)64(47)45-27-14-16-29-54(45)68-55/h13-35H,1-12H3. The van der Waals surface area contributed by atoms with Crippen LogP contribution in [0.3, 0.4) is 0 Å². The number of aryl methyl sites for hydroxylation is 6. The van der Waals surface area contributed by atoms with E-state index in [1.807, 2.05) is 0 Å². The van der Waals surface area contributed by atoms with Gasteiger partial charge in [-0.05, 0) is 172 Å². The summed E-state index contributed by atoms with van der Waals surface area (Å²) < 4.78 is 7.07. The predicted molar refractivity (Wildman–Crippen MR) is 292 cm³/mol. The molecule has 0 aromatic heterocycles. The Labute approximate surface area is 404 Å². The van der Waals surface area contributed by atoms with Crippen molar-refractivity contribution in [1.29, 1.82) is 0 Å². The molecule has 0 amide bonds. The summed E-state index contributed by atoms with van der Waals surface area (Å²) in [7, 11) is 0. The van der Waals surface area contributed by atoms with Crippen LogP contribution < -0.4 is 52.2 Å². The zero-order valence-corrected chi connectivity index (χ0v) is 41.7. The molecule has 8 aromatic rings. The van der Waals surface area contributed by atoms with Crippen molar-refractivity contribution in [2.24, 2.45) is 0 Å². The molecule has 0 saturated heterocycles. The maximum atomic E-state index is 7.07. The van der Waals surface area contributed by atoms with E-state index in [1.165, 1.54) is 128 Å². The normalized spacial score (nSPS) is 14.1. The van der Waals surface area contributed by atoms with Crippen molar-refractivity contribution in [2.75, 3.05) is 14.7 Å². The minimum Gasteiger partial charge on any atom is -0.458 e. The van der Waals surface area contributed by atoms with Crippen molar-refractivity contribution in [3.63, 3.8) is 0 Å². The van der Waals surface area contributed by atoms with E-state index in [1.54, 1.807) is 0 Å². The van der Waals surface area contributed by atoms with E-state index in [9.17, 15) is 0 Å². The Morgan fingerprint density at radius 3 is 1.22 bits per heavy atom. The second-order valence-corrected chi connectivity index (χ2v) is 22.1. The smallest absolute Gasteiger partial charge is 0.256 e. The first kappa shape index (κ1) is 42.4. The van der Waals surface area contributed by atoms with Gasteiger partial charge in [0.15, 0.2) is 0 Å². The van der Waals surface area contributed by atoms with Gasteiger partial charge < -0.3 is 19.4 Å². The summed E-state index contributed by atoms with van der Waals surface area (Å²) in [6, 6.07) is 53.3. The number of ether oxygens (including phenoxy) is 1. The minimum atomic E-state index is -0.130. The van der Waals surface area contributed by atoms with Crippen LogP contribution in [-0.4, -0.2) is 13.4 Å². The second kappa shape index (κ2) is 14.8. The van der Waals surface area contributed by atoms with Crippen molar-refractivity contribution < 1.29 is 4.74 Å². The van der Waals surface area contributed by atoms with E-state index in [0.717, 1.165) is 11.5 Å². The molecule has 4 aliphatic rings. The van der Waals surface area contributed by atoms with Gasteiger partial charge in [-0.1, -0.05) is 139 Å². The van der Waals surface area contributed by atoms with Crippen LogP contribution in [0, 0.1) is 41.5 Å². The molecule has 4 nitrogen and oxygen atoms in total. The van der Waals surface area contributed by atoms with Crippen molar-refractivity contribution in [3.8, 4) is 11.5 Å². The van der Waals surface area contributed by atoms with E-state index in [-0.39, 0.29) is 24.3 Å². The molecule has 0 N–H and O–H groups in total. The lowest BCUT2D eigenvalue weighted by Crippen LogP contribution is -2.64. The average molecular weight is 884 g/mol. The van der Waals surface area contributed by atoms with E-state index in [2.05, 4.69) is 237 Å². The number of hydrogen-bond donors (Lipinski definition) is 0. The van der Waals surface area contributed by atoms with Crippen LogP contribution >= 0.6 is 0 Å². The largest absolute Gasteiger partial charge is 0.458 e. The molecule has 68 heavy (non-hydrogen) atoms. The quantitative estimate of drug-likeness (QED) is 0.165. The molecule has 12 rings (SSSR count). The molecule has 0 fully saturated rings. The third-order valence-electron chi connectivity index (χ3n) is 15.5. The summed E-state index contributed by atoms with van der Waals surface area (Å²) in [6.07, 6.45) is 0. The first-order chi connectivity index (χ1) is 32.5. The fourth-order valence-electron chi connectivity index (χ4n) is 12.2. The first-order valence-electron chi connectivity index (χ1n) is 24.5. The summed E-state index contributed by atoms with van der Waals surface area (Å²) in [5.74, 6) is 1.88. The zero-order valence-electron chi connectivity index (χ0n) is 41.7. The fraction of sp³-hybridized carbons (Fsp3) is 0.226. The van der Waals surface area contributed by atoms with Crippen LogP contribution in [0.4, 0.5) is 51.2 Å². The van der Waals surface area contributed by atoms with E-state index < -0.39 is 0 Å². The molecule has 0 bridgehead atoms. The lowest BCUT2D eigenvalue weighted by atomic mass is 9.30. The zero-order chi connectivity index (χ0) is 47.3. The monoisotopic (exact) mass is 883 g/mol.